The maximum absolute atomic E-state index is 10.4. The van der Waals surface area contributed by atoms with Gasteiger partial charge >= 0.3 is 5.97 Å². The lowest BCUT2D eigenvalue weighted by molar-refractivity contribution is -0.138. The van der Waals surface area contributed by atoms with Crippen molar-refractivity contribution in [1.82, 2.24) is 4.98 Å². The van der Waals surface area contributed by atoms with Crippen molar-refractivity contribution in [2.24, 2.45) is 5.73 Å². The molecule has 4 heteroatoms. The first-order chi connectivity index (χ1) is 6.09. The zero-order valence-corrected chi connectivity index (χ0v) is 7.40. The Balaban J connectivity index is 2.64. The molecule has 13 heavy (non-hydrogen) atoms. The van der Waals surface area contributed by atoms with Gasteiger partial charge in [0.2, 0.25) is 0 Å². The van der Waals surface area contributed by atoms with Gasteiger partial charge in [-0.2, -0.15) is 0 Å². The molecule has 0 aliphatic rings. The molecule has 4 nitrogen and oxygen atoms in total. The molecule has 0 unspecified atom stereocenters. The minimum atomic E-state index is -0.986. The summed E-state index contributed by atoms with van der Waals surface area (Å²) in [7, 11) is 0. The van der Waals surface area contributed by atoms with Crippen LogP contribution in [0.5, 0.6) is 0 Å². The molecule has 0 fully saturated rings. The van der Waals surface area contributed by atoms with Crippen LogP contribution in [-0.4, -0.2) is 22.1 Å². The number of hydrogen-bond acceptors (Lipinski definition) is 3. The lowest BCUT2D eigenvalue weighted by Crippen LogP contribution is -2.32. The van der Waals surface area contributed by atoms with E-state index in [0.29, 0.717) is 6.42 Å². The minimum absolute atomic E-state index is 0.322. The van der Waals surface area contributed by atoms with Crippen LogP contribution in [0.25, 0.3) is 0 Å². The highest BCUT2D eigenvalue weighted by Gasteiger charge is 2.11. The summed E-state index contributed by atoms with van der Waals surface area (Å²) in [5, 5.41) is 8.55. The second-order valence-corrected chi connectivity index (χ2v) is 2.96. The molecule has 0 amide bonds. The number of hydrogen-bond donors (Lipinski definition) is 2. The summed E-state index contributed by atoms with van der Waals surface area (Å²) >= 11 is 0. The van der Waals surface area contributed by atoms with Crippen molar-refractivity contribution in [2.75, 3.05) is 0 Å². The monoisotopic (exact) mass is 180 g/mol. The van der Waals surface area contributed by atoms with Gasteiger partial charge in [-0.15, -0.1) is 0 Å². The first-order valence-corrected chi connectivity index (χ1v) is 3.99. The third kappa shape index (κ3) is 2.83. The van der Waals surface area contributed by atoms with Gasteiger partial charge in [0.1, 0.15) is 6.04 Å². The molecule has 0 bridgehead atoms. The normalized spacial score (nSPS) is 12.5. The number of carboxylic acids is 1. The van der Waals surface area contributed by atoms with Gasteiger partial charge in [-0.05, 0) is 25.0 Å². The SMILES string of the molecule is Cc1ccc(C[C@@H](N)C(=O)O)cn1. The average Bonchev–Trinajstić information content (AvgIpc) is 2.08. The van der Waals surface area contributed by atoms with Gasteiger partial charge in [0, 0.05) is 11.9 Å². The second-order valence-electron chi connectivity index (χ2n) is 2.96. The van der Waals surface area contributed by atoms with E-state index in [1.54, 1.807) is 6.20 Å². The van der Waals surface area contributed by atoms with E-state index in [1.165, 1.54) is 0 Å². The van der Waals surface area contributed by atoms with E-state index in [4.69, 9.17) is 10.8 Å². The molecule has 1 heterocycles. The number of aryl methyl sites for hydroxylation is 1. The lowest BCUT2D eigenvalue weighted by atomic mass is 10.1. The van der Waals surface area contributed by atoms with Crippen molar-refractivity contribution in [1.29, 1.82) is 0 Å². The van der Waals surface area contributed by atoms with Gasteiger partial charge < -0.3 is 10.8 Å². The van der Waals surface area contributed by atoms with Gasteiger partial charge in [0.25, 0.3) is 0 Å². The average molecular weight is 180 g/mol. The molecular weight excluding hydrogens is 168 g/mol. The highest BCUT2D eigenvalue weighted by atomic mass is 16.4. The second kappa shape index (κ2) is 4.00. The van der Waals surface area contributed by atoms with Gasteiger partial charge in [-0.1, -0.05) is 6.07 Å². The zero-order chi connectivity index (χ0) is 9.84. The largest absolute Gasteiger partial charge is 0.480 e. The van der Waals surface area contributed by atoms with Crippen LogP contribution >= 0.6 is 0 Å². The summed E-state index contributed by atoms with van der Waals surface area (Å²) in [5.74, 6) is -0.986. The summed E-state index contributed by atoms with van der Waals surface area (Å²) in [4.78, 5) is 14.5. The molecule has 3 N–H and O–H groups in total. The number of aromatic nitrogens is 1. The predicted molar refractivity (Wildman–Crippen MR) is 48.3 cm³/mol. The van der Waals surface area contributed by atoms with Crippen LogP contribution in [-0.2, 0) is 11.2 Å². The Labute approximate surface area is 76.4 Å². The van der Waals surface area contributed by atoms with Crippen LogP contribution in [0.1, 0.15) is 11.3 Å². The molecule has 0 saturated carbocycles. The molecule has 70 valence electrons. The predicted octanol–water partition coefficient (Wildman–Crippen LogP) is 0.344. The van der Waals surface area contributed by atoms with Crippen molar-refractivity contribution in [2.45, 2.75) is 19.4 Å². The molecule has 1 rings (SSSR count). The van der Waals surface area contributed by atoms with Crippen molar-refractivity contribution >= 4 is 5.97 Å². The smallest absolute Gasteiger partial charge is 0.320 e. The van der Waals surface area contributed by atoms with E-state index in [0.717, 1.165) is 11.3 Å². The van der Waals surface area contributed by atoms with Gasteiger partial charge in [-0.25, -0.2) is 0 Å². The molecule has 0 aliphatic carbocycles. The van der Waals surface area contributed by atoms with E-state index in [1.807, 2.05) is 19.1 Å². The van der Waals surface area contributed by atoms with E-state index < -0.39 is 12.0 Å². The van der Waals surface area contributed by atoms with Crippen LogP contribution in [0.15, 0.2) is 18.3 Å². The number of aliphatic carboxylic acids is 1. The molecule has 0 spiro atoms. The fourth-order valence-corrected chi connectivity index (χ4v) is 0.960. The number of carboxylic acid groups (broad SMARTS) is 1. The third-order valence-electron chi connectivity index (χ3n) is 1.75. The number of pyridine rings is 1. The molecular formula is C9H12N2O2. The van der Waals surface area contributed by atoms with E-state index in [2.05, 4.69) is 4.98 Å². The zero-order valence-electron chi connectivity index (χ0n) is 7.40. The van der Waals surface area contributed by atoms with E-state index >= 15 is 0 Å². The Kier molecular flexibility index (Phi) is 2.97. The third-order valence-corrected chi connectivity index (χ3v) is 1.75. The lowest BCUT2D eigenvalue weighted by Gasteiger charge is -2.05. The molecule has 1 aromatic rings. The van der Waals surface area contributed by atoms with E-state index in [-0.39, 0.29) is 0 Å². The van der Waals surface area contributed by atoms with Gasteiger partial charge in [-0.3, -0.25) is 9.78 Å². The first kappa shape index (κ1) is 9.67. The van der Waals surface area contributed by atoms with Crippen LogP contribution in [0.2, 0.25) is 0 Å². The van der Waals surface area contributed by atoms with Crippen LogP contribution in [0, 0.1) is 6.92 Å². The number of nitrogens with two attached hydrogens (primary N) is 1. The minimum Gasteiger partial charge on any atom is -0.480 e. The maximum Gasteiger partial charge on any atom is 0.320 e. The van der Waals surface area contributed by atoms with E-state index in [9.17, 15) is 4.79 Å². The Morgan fingerprint density at radius 3 is 2.85 bits per heavy atom. The molecule has 0 aliphatic heterocycles. The maximum atomic E-state index is 10.4. The highest BCUT2D eigenvalue weighted by molar-refractivity contribution is 5.73. The molecule has 0 radical (unpaired) electrons. The summed E-state index contributed by atoms with van der Waals surface area (Å²) in [6.07, 6.45) is 1.97. The number of nitrogens with zero attached hydrogens (tertiary/aromatic N) is 1. The van der Waals surface area contributed by atoms with Crippen LogP contribution in [0.3, 0.4) is 0 Å². The standard InChI is InChI=1S/C9H12N2O2/c1-6-2-3-7(5-11-6)4-8(10)9(12)13/h2-3,5,8H,4,10H2,1H3,(H,12,13)/t8-/m1/s1. The fraction of sp³-hybridized carbons (Fsp3) is 0.333. The molecule has 1 atom stereocenters. The molecule has 0 saturated heterocycles. The van der Waals surface area contributed by atoms with Crippen molar-refractivity contribution in [3.05, 3.63) is 29.6 Å². The molecule has 1 aromatic heterocycles. The van der Waals surface area contributed by atoms with Crippen molar-refractivity contribution < 1.29 is 9.90 Å². The van der Waals surface area contributed by atoms with Crippen molar-refractivity contribution in [3.63, 3.8) is 0 Å². The topological polar surface area (TPSA) is 76.2 Å². The summed E-state index contributed by atoms with van der Waals surface area (Å²) in [6, 6.07) is 2.83. The van der Waals surface area contributed by atoms with Crippen LogP contribution in [0.4, 0.5) is 0 Å². The van der Waals surface area contributed by atoms with Crippen molar-refractivity contribution in [3.8, 4) is 0 Å². The van der Waals surface area contributed by atoms with Gasteiger partial charge in [0.15, 0.2) is 0 Å². The summed E-state index contributed by atoms with van der Waals surface area (Å²) < 4.78 is 0. The first-order valence-electron chi connectivity index (χ1n) is 3.99. The highest BCUT2D eigenvalue weighted by Crippen LogP contribution is 2.02. The molecule has 0 aromatic carbocycles. The van der Waals surface area contributed by atoms with Crippen LogP contribution < -0.4 is 5.73 Å². The fourth-order valence-electron chi connectivity index (χ4n) is 0.960. The summed E-state index contributed by atoms with van der Waals surface area (Å²) in [5.41, 5.74) is 7.12. The number of rotatable bonds is 3. The summed E-state index contributed by atoms with van der Waals surface area (Å²) in [6.45, 7) is 1.88. The quantitative estimate of drug-likeness (QED) is 0.703. The Morgan fingerprint density at radius 1 is 1.69 bits per heavy atom. The van der Waals surface area contributed by atoms with Gasteiger partial charge in [0.05, 0.1) is 0 Å². The Morgan fingerprint density at radius 2 is 2.38 bits per heavy atom. The number of carbonyl (C=O) groups is 1. The Bertz CT molecular complexity index is 295. The Hall–Kier alpha value is -1.42.